The van der Waals surface area contributed by atoms with Crippen molar-refractivity contribution in [1.29, 1.82) is 0 Å². The summed E-state index contributed by atoms with van der Waals surface area (Å²) in [6.45, 7) is 1.10. The molecular weight excluding hydrogens is 530 g/mol. The highest BCUT2D eigenvalue weighted by atomic mass is 32.1. The van der Waals surface area contributed by atoms with Gasteiger partial charge < -0.3 is 21.7 Å². The molecule has 8 heteroatoms. The number of carbonyl (C=O) groups is 2. The minimum atomic E-state index is -0.263. The van der Waals surface area contributed by atoms with E-state index < -0.39 is 0 Å². The van der Waals surface area contributed by atoms with Gasteiger partial charge in [-0.05, 0) is 53.6 Å². The van der Waals surface area contributed by atoms with E-state index in [-0.39, 0.29) is 11.8 Å². The number of para-hydroxylation sites is 3. The number of carbonyl (C=O) groups excluding carboxylic acids is 2. The summed E-state index contributed by atoms with van der Waals surface area (Å²) < 4.78 is 0. The molecular formula is C33H29N5O2S. The van der Waals surface area contributed by atoms with Gasteiger partial charge in [-0.25, -0.2) is 4.98 Å². The Morgan fingerprint density at radius 2 is 1.56 bits per heavy atom. The second kappa shape index (κ2) is 13.2. The first kappa shape index (κ1) is 27.4. The Kier molecular flexibility index (Phi) is 8.83. The summed E-state index contributed by atoms with van der Waals surface area (Å²) in [5.74, 6) is -0.412. The van der Waals surface area contributed by atoms with E-state index in [0.29, 0.717) is 30.0 Å². The molecule has 0 saturated heterocycles. The molecule has 1 aromatic heterocycles. The quantitative estimate of drug-likeness (QED) is 0.114. The number of amides is 2. The van der Waals surface area contributed by atoms with Crippen molar-refractivity contribution in [2.45, 2.75) is 13.1 Å². The standard InChI is InChI=1S/C33H29N5O2S/c34-29-8-4-5-9-30(29)38-31(39)19-14-23-10-12-24(13-11-23)20-36-32(40)25-15-17-26(18-16-25)33-37-22-28(41-33)21-35-27-6-2-1-3-7-27/h1-19,22,35H,20-21,34H2,(H,36,40)(H,38,39)/b19-14+. The molecule has 5 N–H and O–H groups in total. The largest absolute Gasteiger partial charge is 0.397 e. The van der Waals surface area contributed by atoms with Gasteiger partial charge in [0.25, 0.3) is 5.91 Å². The maximum atomic E-state index is 12.7. The lowest BCUT2D eigenvalue weighted by Gasteiger charge is -2.07. The van der Waals surface area contributed by atoms with Crippen LogP contribution in [0.2, 0.25) is 0 Å². The van der Waals surface area contributed by atoms with Crippen molar-refractivity contribution >= 4 is 46.3 Å². The van der Waals surface area contributed by atoms with Crippen LogP contribution in [0.1, 0.15) is 26.4 Å². The molecule has 4 aromatic carbocycles. The van der Waals surface area contributed by atoms with Crippen molar-refractivity contribution in [1.82, 2.24) is 10.3 Å². The molecule has 0 spiro atoms. The average molecular weight is 560 g/mol. The predicted molar refractivity (Wildman–Crippen MR) is 167 cm³/mol. The van der Waals surface area contributed by atoms with Crippen molar-refractivity contribution in [3.63, 3.8) is 0 Å². The molecule has 0 unspecified atom stereocenters. The number of nitrogens with one attached hydrogen (secondary N) is 3. The van der Waals surface area contributed by atoms with Crippen molar-refractivity contribution in [3.8, 4) is 10.6 Å². The molecule has 0 fully saturated rings. The minimum absolute atomic E-state index is 0.149. The summed E-state index contributed by atoms with van der Waals surface area (Å²) in [4.78, 5) is 30.6. The predicted octanol–water partition coefficient (Wildman–Crippen LogP) is 6.59. The number of anilines is 3. The fourth-order valence-corrected chi connectivity index (χ4v) is 4.88. The maximum absolute atomic E-state index is 12.7. The Bertz CT molecular complexity index is 1650. The number of hydrogen-bond donors (Lipinski definition) is 4. The summed E-state index contributed by atoms with van der Waals surface area (Å²) in [7, 11) is 0. The summed E-state index contributed by atoms with van der Waals surface area (Å²) in [6.07, 6.45) is 5.07. The molecule has 0 bridgehead atoms. The number of hydrogen-bond acceptors (Lipinski definition) is 6. The van der Waals surface area contributed by atoms with E-state index in [1.165, 1.54) is 6.08 Å². The van der Waals surface area contributed by atoms with Crippen molar-refractivity contribution in [2.75, 3.05) is 16.4 Å². The SMILES string of the molecule is Nc1ccccc1NC(=O)/C=C/c1ccc(CNC(=O)c2ccc(-c3ncc(CNc4ccccc4)s3)cc2)cc1. The Morgan fingerprint density at radius 3 is 2.32 bits per heavy atom. The number of benzene rings is 4. The van der Waals surface area contributed by atoms with Gasteiger partial charge in [0.05, 0.1) is 17.9 Å². The van der Waals surface area contributed by atoms with E-state index in [9.17, 15) is 9.59 Å². The Labute approximate surface area is 242 Å². The van der Waals surface area contributed by atoms with Crippen LogP contribution in [0.15, 0.2) is 115 Å². The van der Waals surface area contributed by atoms with Crippen LogP contribution in [0, 0.1) is 0 Å². The lowest BCUT2D eigenvalue weighted by atomic mass is 10.1. The number of nitrogens with two attached hydrogens (primary N) is 1. The number of nitrogen functional groups attached to an aromatic ring is 1. The number of rotatable bonds is 10. The Morgan fingerprint density at radius 1 is 0.829 bits per heavy atom. The molecule has 5 aromatic rings. The van der Waals surface area contributed by atoms with E-state index in [1.807, 2.05) is 97.2 Å². The zero-order chi connectivity index (χ0) is 28.4. The van der Waals surface area contributed by atoms with E-state index in [0.717, 1.165) is 32.3 Å². The van der Waals surface area contributed by atoms with Gasteiger partial charge in [-0.15, -0.1) is 11.3 Å². The van der Waals surface area contributed by atoms with Gasteiger partial charge >= 0.3 is 0 Å². The van der Waals surface area contributed by atoms with Crippen molar-refractivity contribution in [3.05, 3.63) is 137 Å². The lowest BCUT2D eigenvalue weighted by molar-refractivity contribution is -0.111. The molecule has 1 heterocycles. The molecule has 41 heavy (non-hydrogen) atoms. The topological polar surface area (TPSA) is 109 Å². The van der Waals surface area contributed by atoms with Crippen LogP contribution in [0.25, 0.3) is 16.6 Å². The summed E-state index contributed by atoms with van der Waals surface area (Å²) >= 11 is 1.63. The van der Waals surface area contributed by atoms with Gasteiger partial charge in [0.2, 0.25) is 5.91 Å². The highest BCUT2D eigenvalue weighted by Crippen LogP contribution is 2.26. The molecule has 0 radical (unpaired) electrons. The molecule has 0 atom stereocenters. The molecule has 0 aliphatic rings. The van der Waals surface area contributed by atoms with E-state index >= 15 is 0 Å². The smallest absolute Gasteiger partial charge is 0.251 e. The number of aromatic nitrogens is 1. The highest BCUT2D eigenvalue weighted by molar-refractivity contribution is 7.15. The van der Waals surface area contributed by atoms with Crippen LogP contribution in [-0.4, -0.2) is 16.8 Å². The van der Waals surface area contributed by atoms with E-state index in [1.54, 1.807) is 29.5 Å². The van der Waals surface area contributed by atoms with Crippen LogP contribution in [0.5, 0.6) is 0 Å². The fourth-order valence-electron chi connectivity index (χ4n) is 4.02. The number of thiazole rings is 1. The molecule has 7 nitrogen and oxygen atoms in total. The van der Waals surface area contributed by atoms with Crippen LogP contribution < -0.4 is 21.7 Å². The first-order chi connectivity index (χ1) is 20.0. The van der Waals surface area contributed by atoms with Gasteiger partial charge in [-0.1, -0.05) is 66.7 Å². The first-order valence-corrected chi connectivity index (χ1v) is 13.9. The third-order valence-corrected chi connectivity index (χ3v) is 7.31. The van der Waals surface area contributed by atoms with Crippen molar-refractivity contribution < 1.29 is 9.59 Å². The van der Waals surface area contributed by atoms with Crippen molar-refractivity contribution in [2.24, 2.45) is 0 Å². The average Bonchev–Trinajstić information content (AvgIpc) is 3.49. The zero-order valence-corrected chi connectivity index (χ0v) is 23.0. The first-order valence-electron chi connectivity index (χ1n) is 13.1. The monoisotopic (exact) mass is 559 g/mol. The normalized spacial score (nSPS) is 10.8. The zero-order valence-electron chi connectivity index (χ0n) is 22.2. The molecule has 0 aliphatic carbocycles. The molecule has 0 saturated carbocycles. The lowest BCUT2D eigenvalue weighted by Crippen LogP contribution is -2.22. The van der Waals surface area contributed by atoms with Crippen LogP contribution in [0.3, 0.4) is 0 Å². The van der Waals surface area contributed by atoms with Gasteiger partial charge in [0, 0.05) is 40.5 Å². The van der Waals surface area contributed by atoms with E-state index in [4.69, 9.17) is 5.73 Å². The second-order valence-electron chi connectivity index (χ2n) is 9.26. The van der Waals surface area contributed by atoms with E-state index in [2.05, 4.69) is 20.9 Å². The molecule has 0 aliphatic heterocycles. The Balaban J connectivity index is 1.09. The van der Waals surface area contributed by atoms with Crippen LogP contribution >= 0.6 is 11.3 Å². The molecule has 5 rings (SSSR count). The van der Waals surface area contributed by atoms with Crippen LogP contribution in [-0.2, 0) is 17.9 Å². The minimum Gasteiger partial charge on any atom is -0.397 e. The summed E-state index contributed by atoms with van der Waals surface area (Å²) in [5.41, 5.74) is 11.4. The molecule has 204 valence electrons. The van der Waals surface area contributed by atoms with Gasteiger partial charge in [0.15, 0.2) is 0 Å². The highest BCUT2D eigenvalue weighted by Gasteiger charge is 2.09. The van der Waals surface area contributed by atoms with Gasteiger partial charge in [-0.3, -0.25) is 9.59 Å². The third kappa shape index (κ3) is 7.68. The third-order valence-electron chi connectivity index (χ3n) is 6.27. The van der Waals surface area contributed by atoms with Gasteiger partial charge in [0.1, 0.15) is 5.01 Å². The summed E-state index contributed by atoms with van der Waals surface area (Å²) in [5, 5.41) is 10.0. The Hall–Kier alpha value is -5.21. The maximum Gasteiger partial charge on any atom is 0.251 e. The summed E-state index contributed by atoms with van der Waals surface area (Å²) in [6, 6.07) is 32.3. The van der Waals surface area contributed by atoms with Gasteiger partial charge in [-0.2, -0.15) is 0 Å². The molecule has 2 amide bonds. The van der Waals surface area contributed by atoms with Crippen LogP contribution in [0.4, 0.5) is 17.1 Å². The number of nitrogens with zero attached hydrogens (tertiary/aromatic N) is 1. The fraction of sp³-hybridized carbons (Fsp3) is 0.0606. The second-order valence-corrected chi connectivity index (χ2v) is 10.4.